The van der Waals surface area contributed by atoms with Gasteiger partial charge in [-0.15, -0.1) is 0 Å². The van der Waals surface area contributed by atoms with Crippen LogP contribution in [0.3, 0.4) is 0 Å². The molecule has 0 bridgehead atoms. The van der Waals surface area contributed by atoms with E-state index in [1.54, 1.807) is 60.9 Å². The first-order valence-electron chi connectivity index (χ1n) is 8.00. The van der Waals surface area contributed by atoms with Crippen LogP contribution in [0.1, 0.15) is 26.3 Å². The van der Waals surface area contributed by atoms with Gasteiger partial charge in [0.25, 0.3) is 11.8 Å². The van der Waals surface area contributed by atoms with Crippen LogP contribution in [0.4, 0.5) is 5.69 Å². The number of hydrogen-bond donors (Lipinski definition) is 3. The average Bonchev–Trinajstić information content (AvgIpc) is 2.67. The molecular weight excluding hydrogens is 330 g/mol. The Balaban J connectivity index is 1.63. The first-order valence-corrected chi connectivity index (χ1v) is 8.00. The first-order chi connectivity index (χ1) is 12.6. The van der Waals surface area contributed by atoms with Crippen LogP contribution < -0.4 is 10.6 Å². The molecule has 0 fully saturated rings. The summed E-state index contributed by atoms with van der Waals surface area (Å²) in [6, 6.07) is 16.8. The topological polar surface area (TPSA) is 91.3 Å². The van der Waals surface area contributed by atoms with Crippen LogP contribution in [0, 0.1) is 0 Å². The quantitative estimate of drug-likeness (QED) is 0.662. The molecule has 26 heavy (non-hydrogen) atoms. The molecule has 6 heteroatoms. The lowest BCUT2D eigenvalue weighted by atomic mass is 10.1. The number of carbonyl (C=O) groups excluding carboxylic acids is 2. The summed E-state index contributed by atoms with van der Waals surface area (Å²) in [5, 5.41) is 15.3. The Hall–Kier alpha value is -3.67. The number of phenolic OH excluding ortho intramolecular Hbond substituents is 1. The van der Waals surface area contributed by atoms with Gasteiger partial charge in [0.05, 0.1) is 5.56 Å². The number of phenols is 1. The first kappa shape index (κ1) is 17.2. The zero-order valence-corrected chi connectivity index (χ0v) is 13.8. The molecule has 3 rings (SSSR count). The molecule has 0 atom stereocenters. The van der Waals surface area contributed by atoms with E-state index in [4.69, 9.17) is 0 Å². The average molecular weight is 347 g/mol. The lowest BCUT2D eigenvalue weighted by Gasteiger charge is -2.09. The number of amides is 2. The second-order valence-electron chi connectivity index (χ2n) is 5.59. The summed E-state index contributed by atoms with van der Waals surface area (Å²) < 4.78 is 0. The van der Waals surface area contributed by atoms with E-state index in [1.807, 2.05) is 6.07 Å². The van der Waals surface area contributed by atoms with Crippen LogP contribution in [-0.2, 0) is 6.54 Å². The van der Waals surface area contributed by atoms with Crippen LogP contribution in [-0.4, -0.2) is 21.9 Å². The van der Waals surface area contributed by atoms with Gasteiger partial charge in [0.15, 0.2) is 0 Å². The number of aromatic hydroxyl groups is 1. The zero-order valence-electron chi connectivity index (χ0n) is 13.8. The lowest BCUT2D eigenvalue weighted by molar-refractivity contribution is 0.0947. The van der Waals surface area contributed by atoms with Crippen molar-refractivity contribution in [2.45, 2.75) is 6.54 Å². The highest BCUT2D eigenvalue weighted by Crippen LogP contribution is 2.16. The number of aromatic nitrogens is 1. The SMILES string of the molecule is O=C(Nc1cccc(CNC(=O)c2ccccc2O)c1)c1ccncc1. The van der Waals surface area contributed by atoms with Crippen molar-refractivity contribution in [2.75, 3.05) is 5.32 Å². The van der Waals surface area contributed by atoms with Crippen molar-refractivity contribution in [3.05, 3.63) is 89.7 Å². The smallest absolute Gasteiger partial charge is 0.255 e. The predicted octanol–water partition coefficient (Wildman–Crippen LogP) is 2.97. The molecule has 0 unspecified atom stereocenters. The Labute approximate surface area is 150 Å². The van der Waals surface area contributed by atoms with Gasteiger partial charge in [-0.1, -0.05) is 24.3 Å². The summed E-state index contributed by atoms with van der Waals surface area (Å²) in [4.78, 5) is 28.2. The maximum Gasteiger partial charge on any atom is 0.255 e. The van der Waals surface area contributed by atoms with Gasteiger partial charge in [-0.2, -0.15) is 0 Å². The number of pyridine rings is 1. The van der Waals surface area contributed by atoms with Gasteiger partial charge in [0.2, 0.25) is 0 Å². The molecule has 2 aromatic carbocycles. The van der Waals surface area contributed by atoms with E-state index in [1.165, 1.54) is 6.07 Å². The number of nitrogens with one attached hydrogen (secondary N) is 2. The molecule has 0 radical (unpaired) electrons. The van der Waals surface area contributed by atoms with Gasteiger partial charge >= 0.3 is 0 Å². The van der Waals surface area contributed by atoms with Crippen molar-refractivity contribution in [3.8, 4) is 5.75 Å². The van der Waals surface area contributed by atoms with Crippen molar-refractivity contribution >= 4 is 17.5 Å². The molecule has 0 spiro atoms. The van der Waals surface area contributed by atoms with E-state index < -0.39 is 0 Å². The lowest BCUT2D eigenvalue weighted by Crippen LogP contribution is -2.23. The number of para-hydroxylation sites is 1. The van der Waals surface area contributed by atoms with Crippen molar-refractivity contribution in [3.63, 3.8) is 0 Å². The van der Waals surface area contributed by atoms with E-state index in [0.29, 0.717) is 11.3 Å². The van der Waals surface area contributed by atoms with Gasteiger partial charge in [0, 0.05) is 30.2 Å². The fraction of sp³-hybridized carbons (Fsp3) is 0.0500. The molecule has 1 aromatic heterocycles. The summed E-state index contributed by atoms with van der Waals surface area (Å²) in [6.07, 6.45) is 3.11. The van der Waals surface area contributed by atoms with E-state index in [9.17, 15) is 14.7 Å². The Bertz CT molecular complexity index is 926. The van der Waals surface area contributed by atoms with Crippen LogP contribution in [0.5, 0.6) is 5.75 Å². The molecule has 0 aliphatic rings. The molecule has 130 valence electrons. The minimum Gasteiger partial charge on any atom is -0.507 e. The van der Waals surface area contributed by atoms with Crippen LogP contribution >= 0.6 is 0 Å². The maximum atomic E-state index is 12.2. The standard InChI is InChI=1S/C20H17N3O3/c24-18-7-2-1-6-17(18)20(26)22-13-14-4-3-5-16(12-14)23-19(25)15-8-10-21-11-9-15/h1-12,24H,13H2,(H,22,26)(H,23,25). The Morgan fingerprint density at radius 1 is 0.923 bits per heavy atom. The molecule has 2 amide bonds. The van der Waals surface area contributed by atoms with Gasteiger partial charge in [-0.25, -0.2) is 0 Å². The zero-order chi connectivity index (χ0) is 18.4. The van der Waals surface area contributed by atoms with Crippen LogP contribution in [0.15, 0.2) is 73.1 Å². The third-order valence-corrected chi connectivity index (χ3v) is 3.73. The second kappa shape index (κ2) is 7.94. The molecule has 3 aromatic rings. The molecular formula is C20H17N3O3. The number of rotatable bonds is 5. The van der Waals surface area contributed by atoms with E-state index in [2.05, 4.69) is 15.6 Å². The molecule has 0 saturated carbocycles. The van der Waals surface area contributed by atoms with E-state index in [0.717, 1.165) is 5.56 Å². The summed E-state index contributed by atoms with van der Waals surface area (Å²) >= 11 is 0. The normalized spacial score (nSPS) is 10.2. The molecule has 3 N–H and O–H groups in total. The summed E-state index contributed by atoms with van der Waals surface area (Å²) in [5.74, 6) is -0.666. The highest BCUT2D eigenvalue weighted by molar-refractivity contribution is 6.04. The maximum absolute atomic E-state index is 12.2. The Morgan fingerprint density at radius 2 is 1.69 bits per heavy atom. The van der Waals surface area contributed by atoms with Crippen molar-refractivity contribution in [1.82, 2.24) is 10.3 Å². The van der Waals surface area contributed by atoms with Gasteiger partial charge in [-0.05, 0) is 42.0 Å². The number of nitrogens with zero attached hydrogens (tertiary/aromatic N) is 1. The summed E-state index contributed by atoms with van der Waals surface area (Å²) in [7, 11) is 0. The van der Waals surface area contributed by atoms with Crippen molar-refractivity contribution in [1.29, 1.82) is 0 Å². The fourth-order valence-electron chi connectivity index (χ4n) is 2.41. The number of carbonyl (C=O) groups is 2. The highest BCUT2D eigenvalue weighted by atomic mass is 16.3. The van der Waals surface area contributed by atoms with E-state index >= 15 is 0 Å². The number of hydrogen-bond acceptors (Lipinski definition) is 4. The third kappa shape index (κ3) is 4.24. The minimum absolute atomic E-state index is 0.0663. The van der Waals surface area contributed by atoms with Gasteiger partial charge in [0.1, 0.15) is 5.75 Å². The fourth-order valence-corrected chi connectivity index (χ4v) is 2.41. The van der Waals surface area contributed by atoms with Crippen LogP contribution in [0.25, 0.3) is 0 Å². The van der Waals surface area contributed by atoms with Gasteiger partial charge < -0.3 is 15.7 Å². The molecule has 0 saturated heterocycles. The minimum atomic E-state index is -0.366. The monoisotopic (exact) mass is 347 g/mol. The second-order valence-corrected chi connectivity index (χ2v) is 5.59. The predicted molar refractivity (Wildman–Crippen MR) is 97.9 cm³/mol. The van der Waals surface area contributed by atoms with E-state index in [-0.39, 0.29) is 29.7 Å². The van der Waals surface area contributed by atoms with Crippen molar-refractivity contribution in [2.24, 2.45) is 0 Å². The number of anilines is 1. The number of benzene rings is 2. The highest BCUT2D eigenvalue weighted by Gasteiger charge is 2.10. The molecule has 1 heterocycles. The van der Waals surface area contributed by atoms with Crippen molar-refractivity contribution < 1.29 is 14.7 Å². The summed E-state index contributed by atoms with van der Waals surface area (Å²) in [5.41, 5.74) is 2.18. The largest absolute Gasteiger partial charge is 0.507 e. The molecule has 0 aliphatic carbocycles. The third-order valence-electron chi connectivity index (χ3n) is 3.73. The Kier molecular flexibility index (Phi) is 5.24. The summed E-state index contributed by atoms with van der Waals surface area (Å²) in [6.45, 7) is 0.270. The molecule has 0 aliphatic heterocycles. The van der Waals surface area contributed by atoms with Crippen LogP contribution in [0.2, 0.25) is 0 Å². The van der Waals surface area contributed by atoms with Gasteiger partial charge in [-0.3, -0.25) is 14.6 Å². The Morgan fingerprint density at radius 3 is 2.46 bits per heavy atom. The molecule has 6 nitrogen and oxygen atoms in total.